The number of nitrogens with one attached hydrogen (secondary N) is 1. The molecule has 3 amide bonds. The predicted octanol–water partition coefficient (Wildman–Crippen LogP) is 8.26. The molecule has 2 saturated heterocycles. The van der Waals surface area contributed by atoms with Crippen LogP contribution in [0.5, 0.6) is 23.0 Å². The number of hydrogen-bond acceptors (Lipinski definition) is 9. The lowest BCUT2D eigenvalue weighted by Gasteiger charge is -2.34. The van der Waals surface area contributed by atoms with E-state index in [0.29, 0.717) is 17.4 Å². The maximum Gasteiger partial charge on any atom is 0.410 e. The van der Waals surface area contributed by atoms with E-state index in [4.69, 9.17) is 23.7 Å². The van der Waals surface area contributed by atoms with Crippen LogP contribution in [0.25, 0.3) is 0 Å². The molecule has 8 aliphatic rings. The van der Waals surface area contributed by atoms with E-state index in [2.05, 4.69) is 15.1 Å². The van der Waals surface area contributed by atoms with Gasteiger partial charge in [-0.05, 0) is 145 Å². The molecule has 0 aromatic heterocycles. The van der Waals surface area contributed by atoms with Crippen LogP contribution in [0, 0.1) is 11.8 Å². The van der Waals surface area contributed by atoms with Crippen molar-refractivity contribution in [2.24, 2.45) is 11.8 Å². The first kappa shape index (κ1) is 44.5. The summed E-state index contributed by atoms with van der Waals surface area (Å²) in [6.07, 6.45) is 10.4. The third-order valence-electron chi connectivity index (χ3n) is 12.7. The molecule has 2 aromatic carbocycles. The van der Waals surface area contributed by atoms with Gasteiger partial charge in [0, 0.05) is 37.3 Å². The van der Waals surface area contributed by atoms with E-state index in [0.717, 1.165) is 130 Å². The first-order valence-electron chi connectivity index (χ1n) is 19.8. The van der Waals surface area contributed by atoms with E-state index < -0.39 is 5.60 Å². The molecule has 10 rings (SSSR count). The van der Waals surface area contributed by atoms with Crippen molar-refractivity contribution >= 4 is 42.7 Å². The molecule has 0 bridgehead atoms. The number of piperidine rings is 2. The van der Waals surface area contributed by atoms with Gasteiger partial charge in [0.15, 0.2) is 23.0 Å². The summed E-state index contributed by atoms with van der Waals surface area (Å²) in [6, 6.07) is 7.82. The number of nitrogens with zero attached hydrogens (tertiary/aromatic N) is 3. The van der Waals surface area contributed by atoms with Gasteiger partial charge in [0.2, 0.25) is 13.6 Å². The lowest BCUT2D eigenvalue weighted by Crippen LogP contribution is -2.42. The summed E-state index contributed by atoms with van der Waals surface area (Å²) >= 11 is 0. The molecule has 6 aliphatic heterocycles. The van der Waals surface area contributed by atoms with Gasteiger partial charge in [0.1, 0.15) is 5.60 Å². The van der Waals surface area contributed by atoms with Gasteiger partial charge in [0.05, 0.1) is 11.1 Å². The van der Waals surface area contributed by atoms with E-state index >= 15 is 0 Å². The van der Waals surface area contributed by atoms with Crippen LogP contribution in [-0.2, 0) is 15.8 Å². The quantitative estimate of drug-likeness (QED) is 0.307. The van der Waals surface area contributed by atoms with Gasteiger partial charge in [-0.25, -0.2) is 4.79 Å². The van der Waals surface area contributed by atoms with Crippen molar-refractivity contribution < 1.29 is 38.1 Å². The largest absolute Gasteiger partial charge is 0.454 e. The molecule has 0 radical (unpaired) electrons. The van der Waals surface area contributed by atoms with Crippen LogP contribution < -0.4 is 24.3 Å². The van der Waals surface area contributed by atoms with E-state index in [1.807, 2.05) is 49.9 Å². The van der Waals surface area contributed by atoms with Gasteiger partial charge in [-0.2, -0.15) is 0 Å². The molecule has 57 heavy (non-hydrogen) atoms. The van der Waals surface area contributed by atoms with Crippen LogP contribution in [0.3, 0.4) is 0 Å². The van der Waals surface area contributed by atoms with Crippen molar-refractivity contribution in [2.75, 3.05) is 52.9 Å². The van der Waals surface area contributed by atoms with Crippen LogP contribution in [0.15, 0.2) is 24.3 Å². The van der Waals surface area contributed by atoms with Crippen LogP contribution in [0.2, 0.25) is 0 Å². The predicted molar refractivity (Wildman–Crippen MR) is 222 cm³/mol. The molecule has 316 valence electrons. The van der Waals surface area contributed by atoms with Crippen molar-refractivity contribution in [1.29, 1.82) is 0 Å². The van der Waals surface area contributed by atoms with Gasteiger partial charge in [-0.1, -0.05) is 14.9 Å². The smallest absolute Gasteiger partial charge is 0.410 e. The van der Waals surface area contributed by atoms with Crippen molar-refractivity contribution in [3.8, 4) is 23.0 Å². The van der Waals surface area contributed by atoms with Crippen LogP contribution in [-0.4, -0.2) is 91.1 Å². The number of halogens is 2. The second kappa shape index (κ2) is 16.9. The Labute approximate surface area is 350 Å². The van der Waals surface area contributed by atoms with Crippen LogP contribution in [0.1, 0.15) is 132 Å². The summed E-state index contributed by atoms with van der Waals surface area (Å²) in [6.45, 7) is 11.5. The van der Waals surface area contributed by atoms with Crippen molar-refractivity contribution in [3.05, 3.63) is 46.5 Å². The lowest BCUT2D eigenvalue weighted by atomic mass is 9.93. The third kappa shape index (κ3) is 8.20. The molecule has 2 spiro atoms. The van der Waals surface area contributed by atoms with Crippen LogP contribution in [0.4, 0.5) is 4.79 Å². The highest BCUT2D eigenvalue weighted by Crippen LogP contribution is 2.60. The molecule has 2 aliphatic carbocycles. The lowest BCUT2D eigenvalue weighted by molar-refractivity contribution is 0.0177. The topological polar surface area (TPSA) is 119 Å². The Morgan fingerprint density at radius 3 is 1.51 bits per heavy atom. The minimum Gasteiger partial charge on any atom is -0.454 e. The number of fused-ring (bicyclic) bond motifs is 6. The normalized spacial score (nSPS) is 21.4. The molecular weight excluding hydrogens is 771 g/mol. The molecule has 1 N–H and O–H groups in total. The highest BCUT2D eigenvalue weighted by Gasteiger charge is 2.59. The Balaban J connectivity index is 0.000000209. The van der Waals surface area contributed by atoms with Gasteiger partial charge in [-0.3, -0.25) is 9.59 Å². The number of hydrogen-bond donors (Lipinski definition) is 1. The SMILES string of the molecule is C.C.CC(C)(C)OC(=O)N1CCC(CCN2C(=O)c3cc4c(cc3C23CC3)OCO4)CC1.Cl.Cl.O=C1c2cc3c(cc2C2(CC2)N1CCC1CCNCC1)OCO3. The number of rotatable bonds is 6. The Bertz CT molecular complexity index is 1810. The summed E-state index contributed by atoms with van der Waals surface area (Å²) < 4.78 is 27.5. The molecule has 0 unspecified atom stereocenters. The van der Waals surface area contributed by atoms with Crippen molar-refractivity contribution in [3.63, 3.8) is 0 Å². The van der Waals surface area contributed by atoms with Crippen molar-refractivity contribution in [2.45, 2.75) is 117 Å². The molecule has 6 heterocycles. The second-order valence-electron chi connectivity index (χ2n) is 17.2. The number of benzene rings is 2. The summed E-state index contributed by atoms with van der Waals surface area (Å²) in [5.41, 5.74) is 3.24. The van der Waals surface area contributed by atoms with E-state index in [1.54, 1.807) is 0 Å². The Morgan fingerprint density at radius 2 is 1.11 bits per heavy atom. The number of likely N-dealkylation sites (tertiary alicyclic amines) is 1. The standard InChI is InChI=1S/C23H30N2O5.C18H22N2O3.2CH4.2ClH/c1-22(2,3)30-21(27)24-9-4-15(5-10-24)6-11-25-20(26)16-12-18-19(29-14-28-18)13-17(16)23(25)7-8-23;21-17-13-9-15-16(23-11-22-15)10-14(13)18(4-5-18)20(17)8-3-12-1-6-19-7-2-12;;;;/h12-13,15H,4-11,14H2,1-3H3;9-10,12,19H,1-8,11H2;2*1H4;2*1H. The highest BCUT2D eigenvalue weighted by atomic mass is 35.5. The monoisotopic (exact) mass is 832 g/mol. The molecule has 4 fully saturated rings. The Hall–Kier alpha value is -3.61. The molecule has 14 heteroatoms. The number of carbonyl (C=O) groups is 3. The Morgan fingerprint density at radius 1 is 0.702 bits per heavy atom. The Kier molecular flexibility index (Phi) is 13.2. The first-order valence-corrected chi connectivity index (χ1v) is 19.8. The molecular formula is C43H62Cl2N4O8. The van der Waals surface area contributed by atoms with Gasteiger partial charge >= 0.3 is 6.09 Å². The fourth-order valence-electron chi connectivity index (χ4n) is 9.45. The average molecular weight is 834 g/mol. The number of ether oxygens (including phenoxy) is 5. The van der Waals surface area contributed by atoms with Gasteiger partial charge in [0.25, 0.3) is 11.8 Å². The molecule has 2 aromatic rings. The fourth-order valence-corrected chi connectivity index (χ4v) is 9.45. The van der Waals surface area contributed by atoms with Crippen LogP contribution >= 0.6 is 24.8 Å². The van der Waals surface area contributed by atoms with Gasteiger partial charge in [-0.15, -0.1) is 24.8 Å². The zero-order chi connectivity index (χ0) is 36.5. The van der Waals surface area contributed by atoms with E-state index in [1.165, 1.54) is 12.8 Å². The zero-order valence-corrected chi connectivity index (χ0v) is 33.7. The van der Waals surface area contributed by atoms with E-state index in [9.17, 15) is 14.4 Å². The minimum absolute atomic E-state index is 0. The highest BCUT2D eigenvalue weighted by molar-refractivity contribution is 6.02. The minimum atomic E-state index is -0.464. The number of amides is 3. The molecule has 12 nitrogen and oxygen atoms in total. The second-order valence-corrected chi connectivity index (χ2v) is 17.2. The van der Waals surface area contributed by atoms with Crippen molar-refractivity contribution in [1.82, 2.24) is 20.0 Å². The molecule has 2 saturated carbocycles. The summed E-state index contributed by atoms with van der Waals surface area (Å²) in [5.74, 6) is 4.51. The first-order chi connectivity index (χ1) is 25.5. The maximum atomic E-state index is 13.2. The van der Waals surface area contributed by atoms with Gasteiger partial charge < -0.3 is 43.7 Å². The zero-order valence-electron chi connectivity index (χ0n) is 32.1. The molecule has 0 atom stereocenters. The number of carbonyl (C=O) groups excluding carboxylic acids is 3. The fraction of sp³-hybridized carbons (Fsp3) is 0.651. The van der Waals surface area contributed by atoms with E-state index in [-0.39, 0.29) is 82.2 Å². The summed E-state index contributed by atoms with van der Waals surface area (Å²) in [4.78, 5) is 44.4. The summed E-state index contributed by atoms with van der Waals surface area (Å²) in [7, 11) is 0. The third-order valence-corrected chi connectivity index (χ3v) is 12.7. The summed E-state index contributed by atoms with van der Waals surface area (Å²) in [5, 5.41) is 3.41. The average Bonchev–Trinajstić information content (AvgIpc) is 3.97. The maximum absolute atomic E-state index is 13.2.